The van der Waals surface area contributed by atoms with Gasteiger partial charge in [0.1, 0.15) is 0 Å². The van der Waals surface area contributed by atoms with Gasteiger partial charge in [-0.2, -0.15) is 0 Å². The monoisotopic (exact) mass is 415 g/mol. The van der Waals surface area contributed by atoms with E-state index in [1.165, 1.54) is 0 Å². The van der Waals surface area contributed by atoms with Gasteiger partial charge in [0.05, 0.1) is 5.75 Å². The van der Waals surface area contributed by atoms with Gasteiger partial charge in [0.25, 0.3) is 5.91 Å². The summed E-state index contributed by atoms with van der Waals surface area (Å²) in [7, 11) is 0.456. The molecule has 1 heterocycles. The number of hydrogen-bond donors (Lipinski definition) is 1. The SMILES string of the molecule is CN1CCC[C@H](N(C)C(=O)c2ccc(NS(=O)(=O)CCc3ccccc3)cc2)C1. The molecule has 1 saturated heterocycles. The quantitative estimate of drug-likeness (QED) is 0.755. The largest absolute Gasteiger partial charge is 0.337 e. The second-order valence-electron chi connectivity index (χ2n) is 7.71. The van der Waals surface area contributed by atoms with Crippen LogP contribution >= 0.6 is 0 Å². The Morgan fingerprint density at radius 2 is 1.83 bits per heavy atom. The molecule has 0 saturated carbocycles. The summed E-state index contributed by atoms with van der Waals surface area (Å²) in [5.74, 6) is -0.0286. The van der Waals surface area contributed by atoms with E-state index in [-0.39, 0.29) is 17.7 Å². The number of likely N-dealkylation sites (N-methyl/N-ethyl adjacent to an activating group) is 2. The Balaban J connectivity index is 1.58. The molecule has 1 aliphatic heterocycles. The molecule has 3 rings (SSSR count). The predicted octanol–water partition coefficient (Wildman–Crippen LogP) is 2.84. The standard InChI is InChI=1S/C22H29N3O3S/c1-24-15-6-9-21(17-24)25(2)22(26)19-10-12-20(13-11-19)23-29(27,28)16-14-18-7-4-3-5-8-18/h3-5,7-8,10-13,21,23H,6,9,14-17H2,1-2H3/t21-/m0/s1. The average Bonchev–Trinajstić information content (AvgIpc) is 2.72. The van der Waals surface area contributed by atoms with E-state index >= 15 is 0 Å². The molecule has 2 aromatic carbocycles. The minimum Gasteiger partial charge on any atom is -0.337 e. The summed E-state index contributed by atoms with van der Waals surface area (Å²) >= 11 is 0. The summed E-state index contributed by atoms with van der Waals surface area (Å²) in [6.45, 7) is 1.94. The lowest BCUT2D eigenvalue weighted by atomic mass is 10.0. The van der Waals surface area contributed by atoms with Gasteiger partial charge in [0.15, 0.2) is 0 Å². The van der Waals surface area contributed by atoms with Crippen molar-refractivity contribution in [1.29, 1.82) is 0 Å². The molecule has 6 nitrogen and oxygen atoms in total. The van der Waals surface area contributed by atoms with Crippen LogP contribution in [0.25, 0.3) is 0 Å². The molecular weight excluding hydrogens is 386 g/mol. The molecule has 7 heteroatoms. The zero-order valence-corrected chi connectivity index (χ0v) is 17.9. The molecule has 1 amide bonds. The van der Waals surface area contributed by atoms with Crippen molar-refractivity contribution in [2.24, 2.45) is 0 Å². The Morgan fingerprint density at radius 3 is 2.48 bits per heavy atom. The molecule has 0 unspecified atom stereocenters. The maximum Gasteiger partial charge on any atom is 0.253 e. The van der Waals surface area contributed by atoms with E-state index in [1.807, 2.05) is 37.4 Å². The number of nitrogens with one attached hydrogen (secondary N) is 1. The Labute approximate surface area is 173 Å². The summed E-state index contributed by atoms with van der Waals surface area (Å²) in [5, 5.41) is 0. The normalized spacial score (nSPS) is 17.7. The topological polar surface area (TPSA) is 69.7 Å². The van der Waals surface area contributed by atoms with Crippen LogP contribution in [0.5, 0.6) is 0 Å². The molecule has 29 heavy (non-hydrogen) atoms. The molecule has 1 N–H and O–H groups in total. The van der Waals surface area contributed by atoms with Gasteiger partial charge >= 0.3 is 0 Å². The number of rotatable bonds is 7. The number of likely N-dealkylation sites (tertiary alicyclic amines) is 1. The van der Waals surface area contributed by atoms with E-state index in [0.29, 0.717) is 17.7 Å². The van der Waals surface area contributed by atoms with Crippen molar-refractivity contribution in [2.45, 2.75) is 25.3 Å². The Bertz CT molecular complexity index is 914. The van der Waals surface area contributed by atoms with Gasteiger partial charge in [-0.05, 0) is 62.7 Å². The minimum atomic E-state index is -3.46. The first-order chi connectivity index (χ1) is 13.8. The van der Waals surface area contributed by atoms with Gasteiger partial charge < -0.3 is 9.80 Å². The van der Waals surface area contributed by atoms with Gasteiger partial charge in [-0.25, -0.2) is 8.42 Å². The minimum absolute atomic E-state index is 0.00955. The van der Waals surface area contributed by atoms with Crippen molar-refractivity contribution in [1.82, 2.24) is 9.80 Å². The van der Waals surface area contributed by atoms with Gasteiger partial charge in [-0.3, -0.25) is 9.52 Å². The van der Waals surface area contributed by atoms with Gasteiger partial charge in [-0.1, -0.05) is 30.3 Å². The van der Waals surface area contributed by atoms with Crippen molar-refractivity contribution < 1.29 is 13.2 Å². The molecule has 0 bridgehead atoms. The number of hydrogen-bond acceptors (Lipinski definition) is 4. The van der Waals surface area contributed by atoms with E-state index in [4.69, 9.17) is 0 Å². The lowest BCUT2D eigenvalue weighted by Crippen LogP contribution is -2.47. The Hall–Kier alpha value is -2.38. The van der Waals surface area contributed by atoms with E-state index < -0.39 is 10.0 Å². The highest BCUT2D eigenvalue weighted by molar-refractivity contribution is 7.92. The first-order valence-electron chi connectivity index (χ1n) is 9.94. The van der Waals surface area contributed by atoms with E-state index in [9.17, 15) is 13.2 Å². The molecule has 2 aromatic rings. The molecule has 0 radical (unpaired) electrons. The van der Waals surface area contributed by atoms with Crippen LogP contribution in [0.1, 0.15) is 28.8 Å². The number of aryl methyl sites for hydroxylation is 1. The number of amides is 1. The lowest BCUT2D eigenvalue weighted by molar-refractivity contribution is 0.0644. The Kier molecular flexibility index (Phi) is 6.92. The van der Waals surface area contributed by atoms with E-state index in [0.717, 1.165) is 31.5 Å². The highest BCUT2D eigenvalue weighted by Crippen LogP contribution is 2.18. The number of piperidine rings is 1. The van der Waals surface area contributed by atoms with Crippen molar-refractivity contribution >= 4 is 21.6 Å². The maximum absolute atomic E-state index is 12.8. The molecule has 1 aliphatic rings. The summed E-state index contributed by atoms with van der Waals surface area (Å²) in [4.78, 5) is 16.8. The van der Waals surface area contributed by atoms with Crippen LogP contribution in [0.4, 0.5) is 5.69 Å². The van der Waals surface area contributed by atoms with Crippen LogP contribution in [-0.2, 0) is 16.4 Å². The van der Waals surface area contributed by atoms with Crippen LogP contribution in [0.3, 0.4) is 0 Å². The lowest BCUT2D eigenvalue weighted by Gasteiger charge is -2.35. The highest BCUT2D eigenvalue weighted by Gasteiger charge is 2.25. The average molecular weight is 416 g/mol. The fraction of sp³-hybridized carbons (Fsp3) is 0.409. The second-order valence-corrected chi connectivity index (χ2v) is 9.55. The Morgan fingerprint density at radius 1 is 1.14 bits per heavy atom. The number of sulfonamides is 1. The smallest absolute Gasteiger partial charge is 0.253 e. The zero-order chi connectivity index (χ0) is 20.9. The number of nitrogens with zero attached hydrogens (tertiary/aromatic N) is 2. The van der Waals surface area contributed by atoms with Crippen molar-refractivity contribution in [3.63, 3.8) is 0 Å². The van der Waals surface area contributed by atoms with Gasteiger partial charge in [-0.15, -0.1) is 0 Å². The second kappa shape index (κ2) is 9.41. The third-order valence-corrected chi connectivity index (χ3v) is 6.66. The fourth-order valence-electron chi connectivity index (χ4n) is 3.63. The number of anilines is 1. The van der Waals surface area contributed by atoms with Gasteiger partial charge in [0.2, 0.25) is 10.0 Å². The molecule has 0 aromatic heterocycles. The highest BCUT2D eigenvalue weighted by atomic mass is 32.2. The summed E-state index contributed by atoms with van der Waals surface area (Å²) < 4.78 is 27.3. The number of carbonyl (C=O) groups is 1. The van der Waals surface area contributed by atoms with Crippen molar-refractivity contribution in [3.8, 4) is 0 Å². The molecule has 156 valence electrons. The third kappa shape index (κ3) is 6.05. The third-order valence-electron chi connectivity index (χ3n) is 5.38. The first-order valence-corrected chi connectivity index (χ1v) is 11.6. The fourth-order valence-corrected chi connectivity index (χ4v) is 4.73. The molecular formula is C22H29N3O3S. The van der Waals surface area contributed by atoms with Crippen LogP contribution in [0.2, 0.25) is 0 Å². The summed E-state index contributed by atoms with van der Waals surface area (Å²) in [5.41, 5.74) is 2.01. The molecule has 0 aliphatic carbocycles. The van der Waals surface area contributed by atoms with Gasteiger partial charge in [0, 0.05) is 30.9 Å². The van der Waals surface area contributed by atoms with Crippen LogP contribution in [0.15, 0.2) is 54.6 Å². The molecule has 0 spiro atoms. The zero-order valence-electron chi connectivity index (χ0n) is 17.0. The summed E-state index contributed by atoms with van der Waals surface area (Å²) in [6, 6.07) is 16.4. The molecule has 1 atom stereocenters. The predicted molar refractivity (Wildman–Crippen MR) is 117 cm³/mol. The number of benzene rings is 2. The van der Waals surface area contributed by atoms with Crippen molar-refractivity contribution in [2.75, 3.05) is 37.7 Å². The van der Waals surface area contributed by atoms with E-state index in [1.54, 1.807) is 29.2 Å². The van der Waals surface area contributed by atoms with Crippen molar-refractivity contribution in [3.05, 3.63) is 65.7 Å². The molecule has 1 fully saturated rings. The number of carbonyl (C=O) groups excluding carboxylic acids is 1. The van der Waals surface area contributed by atoms with Crippen LogP contribution in [-0.4, -0.2) is 63.1 Å². The maximum atomic E-state index is 12.8. The van der Waals surface area contributed by atoms with Crippen LogP contribution in [0, 0.1) is 0 Å². The summed E-state index contributed by atoms with van der Waals surface area (Å²) in [6.07, 6.45) is 2.54. The van der Waals surface area contributed by atoms with E-state index in [2.05, 4.69) is 16.7 Å². The van der Waals surface area contributed by atoms with Crippen LogP contribution < -0.4 is 4.72 Å². The first kappa shape index (κ1) is 21.3.